The van der Waals surface area contributed by atoms with Gasteiger partial charge in [-0.25, -0.2) is 0 Å². The molecule has 6 nitrogen and oxygen atoms in total. The lowest BCUT2D eigenvalue weighted by atomic mass is 10.1. The van der Waals surface area contributed by atoms with Crippen LogP contribution in [0.15, 0.2) is 48.5 Å². The summed E-state index contributed by atoms with van der Waals surface area (Å²) in [5.74, 6) is 1.67. The highest BCUT2D eigenvalue weighted by Crippen LogP contribution is 2.28. The van der Waals surface area contributed by atoms with Crippen LogP contribution in [0.1, 0.15) is 24.1 Å². The number of ether oxygens (including phenoxy) is 2. The number of piperazine rings is 1. The Balaban J connectivity index is 1.48. The number of nitrogens with zero attached hydrogens (tertiary/aromatic N) is 3. The Morgan fingerprint density at radius 2 is 1.60 bits per heavy atom. The van der Waals surface area contributed by atoms with Crippen LogP contribution in [-0.2, 0) is 11.3 Å². The van der Waals surface area contributed by atoms with Crippen molar-refractivity contribution in [2.45, 2.75) is 19.5 Å². The number of carbonyl (C=O) groups excluding carboxylic acids is 1. The van der Waals surface area contributed by atoms with Crippen molar-refractivity contribution in [2.75, 3.05) is 54.0 Å². The van der Waals surface area contributed by atoms with Gasteiger partial charge in [0.25, 0.3) is 0 Å². The van der Waals surface area contributed by atoms with Crippen LogP contribution in [0.5, 0.6) is 11.5 Å². The van der Waals surface area contributed by atoms with E-state index < -0.39 is 0 Å². The highest BCUT2D eigenvalue weighted by molar-refractivity contribution is 5.78. The molecule has 1 atom stereocenters. The van der Waals surface area contributed by atoms with Crippen LogP contribution in [-0.4, -0.2) is 74.6 Å². The first kappa shape index (κ1) is 22.1. The van der Waals surface area contributed by atoms with Crippen molar-refractivity contribution in [3.8, 4) is 11.5 Å². The zero-order valence-electron chi connectivity index (χ0n) is 18.5. The molecule has 0 aromatic heterocycles. The lowest BCUT2D eigenvalue weighted by Crippen LogP contribution is -2.49. The van der Waals surface area contributed by atoms with Crippen molar-refractivity contribution in [1.82, 2.24) is 14.7 Å². The van der Waals surface area contributed by atoms with Crippen LogP contribution < -0.4 is 9.47 Å². The Morgan fingerprint density at radius 1 is 0.967 bits per heavy atom. The molecule has 0 spiro atoms. The van der Waals surface area contributed by atoms with E-state index in [0.29, 0.717) is 6.54 Å². The maximum absolute atomic E-state index is 12.8. The summed E-state index contributed by atoms with van der Waals surface area (Å²) in [5, 5.41) is 0. The third-order valence-corrected chi connectivity index (χ3v) is 5.93. The molecule has 0 unspecified atom stereocenters. The van der Waals surface area contributed by atoms with Gasteiger partial charge in [0.1, 0.15) is 0 Å². The monoisotopic (exact) mass is 411 g/mol. The Kier molecular flexibility index (Phi) is 7.71. The van der Waals surface area contributed by atoms with Gasteiger partial charge < -0.3 is 14.4 Å². The molecule has 2 aromatic rings. The highest BCUT2D eigenvalue weighted by atomic mass is 16.5. The standard InChI is InChI=1S/C24H33N3O3/c1-19(21-8-6-5-7-9-21)25(2)24(28)18-27-14-12-26(13-15-27)17-20-10-11-22(29-3)23(16-20)30-4/h5-11,16,19H,12-15,17-18H2,1-4H3/t19-/m1/s1. The van der Waals surface area contributed by atoms with E-state index >= 15 is 0 Å². The minimum atomic E-state index is 0.0741. The van der Waals surface area contributed by atoms with Crippen molar-refractivity contribution in [2.24, 2.45) is 0 Å². The van der Waals surface area contributed by atoms with E-state index in [1.54, 1.807) is 14.2 Å². The van der Waals surface area contributed by atoms with Crippen LogP contribution in [0, 0.1) is 0 Å². The molecule has 162 valence electrons. The van der Waals surface area contributed by atoms with E-state index in [4.69, 9.17) is 9.47 Å². The van der Waals surface area contributed by atoms with E-state index in [9.17, 15) is 4.79 Å². The van der Waals surface area contributed by atoms with Crippen molar-refractivity contribution in [1.29, 1.82) is 0 Å². The number of benzene rings is 2. The summed E-state index contributed by atoms with van der Waals surface area (Å²) in [4.78, 5) is 19.3. The molecule has 1 saturated heterocycles. The van der Waals surface area contributed by atoms with Gasteiger partial charge in [-0.05, 0) is 30.2 Å². The summed E-state index contributed by atoms with van der Waals surface area (Å²) in [7, 11) is 5.20. The first-order valence-corrected chi connectivity index (χ1v) is 10.5. The average molecular weight is 412 g/mol. The molecular weight excluding hydrogens is 378 g/mol. The van der Waals surface area contributed by atoms with Crippen LogP contribution in [0.25, 0.3) is 0 Å². The average Bonchev–Trinajstić information content (AvgIpc) is 2.79. The maximum Gasteiger partial charge on any atom is 0.236 e. The summed E-state index contributed by atoms with van der Waals surface area (Å²) >= 11 is 0. The Hall–Kier alpha value is -2.57. The van der Waals surface area contributed by atoms with Gasteiger partial charge in [0.15, 0.2) is 11.5 Å². The smallest absolute Gasteiger partial charge is 0.236 e. The predicted octanol–water partition coefficient (Wildman–Crippen LogP) is 3.04. The fraction of sp³-hybridized carbons (Fsp3) is 0.458. The van der Waals surface area contributed by atoms with E-state index in [1.165, 1.54) is 5.56 Å². The van der Waals surface area contributed by atoms with Crippen LogP contribution in [0.4, 0.5) is 0 Å². The van der Waals surface area contributed by atoms with Crippen LogP contribution >= 0.6 is 0 Å². The van der Waals surface area contributed by atoms with E-state index in [1.807, 2.05) is 42.3 Å². The molecule has 1 aliphatic heterocycles. The summed E-state index contributed by atoms with van der Waals surface area (Å²) in [6.07, 6.45) is 0. The Labute approximate surface area is 180 Å². The number of likely N-dealkylation sites (N-methyl/N-ethyl adjacent to an activating group) is 1. The summed E-state index contributed by atoms with van der Waals surface area (Å²) in [6.45, 7) is 7.09. The predicted molar refractivity (Wildman–Crippen MR) is 119 cm³/mol. The highest BCUT2D eigenvalue weighted by Gasteiger charge is 2.23. The SMILES string of the molecule is COc1ccc(CN2CCN(CC(=O)N(C)[C@H](C)c3ccccc3)CC2)cc1OC. The zero-order chi connectivity index (χ0) is 21.5. The van der Waals surface area contributed by atoms with Gasteiger partial charge in [-0.2, -0.15) is 0 Å². The maximum atomic E-state index is 12.8. The first-order valence-electron chi connectivity index (χ1n) is 10.5. The molecule has 1 fully saturated rings. The lowest BCUT2D eigenvalue weighted by Gasteiger charge is -2.35. The van der Waals surface area contributed by atoms with Gasteiger partial charge in [0, 0.05) is 39.8 Å². The van der Waals surface area contributed by atoms with Gasteiger partial charge in [-0.3, -0.25) is 14.6 Å². The molecule has 30 heavy (non-hydrogen) atoms. The number of carbonyl (C=O) groups is 1. The van der Waals surface area contributed by atoms with Crippen molar-refractivity contribution in [3.63, 3.8) is 0 Å². The number of rotatable bonds is 8. The first-order chi connectivity index (χ1) is 14.5. The topological polar surface area (TPSA) is 45.2 Å². The number of amides is 1. The normalized spacial score (nSPS) is 16.1. The van der Waals surface area contributed by atoms with E-state index in [2.05, 4.69) is 34.9 Å². The van der Waals surface area contributed by atoms with E-state index in [-0.39, 0.29) is 11.9 Å². The minimum absolute atomic E-state index is 0.0741. The van der Waals surface area contributed by atoms with Crippen molar-refractivity contribution < 1.29 is 14.3 Å². The van der Waals surface area contributed by atoms with Crippen LogP contribution in [0.2, 0.25) is 0 Å². The quantitative estimate of drug-likeness (QED) is 0.668. The second kappa shape index (κ2) is 10.5. The molecule has 0 aliphatic carbocycles. The molecule has 3 rings (SSSR count). The van der Waals surface area contributed by atoms with Gasteiger partial charge in [0.05, 0.1) is 26.8 Å². The zero-order valence-corrected chi connectivity index (χ0v) is 18.5. The number of hydrogen-bond donors (Lipinski definition) is 0. The van der Waals surface area contributed by atoms with Crippen molar-refractivity contribution >= 4 is 5.91 Å². The lowest BCUT2D eigenvalue weighted by molar-refractivity contribution is -0.133. The van der Waals surface area contributed by atoms with Gasteiger partial charge >= 0.3 is 0 Å². The molecule has 0 radical (unpaired) electrons. The fourth-order valence-electron chi connectivity index (χ4n) is 3.82. The molecule has 1 aliphatic rings. The minimum Gasteiger partial charge on any atom is -0.493 e. The summed E-state index contributed by atoms with van der Waals surface area (Å²) in [6, 6.07) is 16.3. The third-order valence-electron chi connectivity index (χ3n) is 5.93. The fourth-order valence-corrected chi connectivity index (χ4v) is 3.82. The molecule has 1 amide bonds. The van der Waals surface area contributed by atoms with Crippen molar-refractivity contribution in [3.05, 3.63) is 59.7 Å². The summed E-state index contributed by atoms with van der Waals surface area (Å²) < 4.78 is 10.7. The molecule has 0 saturated carbocycles. The largest absolute Gasteiger partial charge is 0.493 e. The number of methoxy groups -OCH3 is 2. The second-order valence-corrected chi connectivity index (χ2v) is 7.83. The summed E-state index contributed by atoms with van der Waals surface area (Å²) in [5.41, 5.74) is 2.36. The third kappa shape index (κ3) is 5.52. The Morgan fingerprint density at radius 3 is 2.23 bits per heavy atom. The molecule has 0 bridgehead atoms. The Bertz CT molecular complexity index is 820. The molecule has 1 heterocycles. The molecule has 0 N–H and O–H groups in total. The van der Waals surface area contributed by atoms with Crippen LogP contribution in [0.3, 0.4) is 0 Å². The van der Waals surface area contributed by atoms with Gasteiger partial charge in [-0.1, -0.05) is 36.4 Å². The molecule has 2 aromatic carbocycles. The van der Waals surface area contributed by atoms with Gasteiger partial charge in [0.2, 0.25) is 5.91 Å². The number of hydrogen-bond acceptors (Lipinski definition) is 5. The van der Waals surface area contributed by atoms with Gasteiger partial charge in [-0.15, -0.1) is 0 Å². The van der Waals surface area contributed by atoms with E-state index in [0.717, 1.165) is 49.8 Å². The second-order valence-electron chi connectivity index (χ2n) is 7.83. The molecular formula is C24H33N3O3. The molecule has 6 heteroatoms.